The number of hydrogen-bond acceptors (Lipinski definition) is 3. The van der Waals surface area contributed by atoms with E-state index in [1.165, 1.54) is 12.1 Å². The lowest BCUT2D eigenvalue weighted by atomic mass is 9.97. The van der Waals surface area contributed by atoms with Crippen LogP contribution in [0.5, 0.6) is 0 Å². The summed E-state index contributed by atoms with van der Waals surface area (Å²) in [6, 6.07) is 5.87. The van der Waals surface area contributed by atoms with E-state index in [9.17, 15) is 8.78 Å². The van der Waals surface area contributed by atoms with Gasteiger partial charge in [0.25, 0.3) is 0 Å². The molecule has 0 bridgehead atoms. The second-order valence-corrected chi connectivity index (χ2v) is 4.71. The number of halogens is 2. The zero-order valence-electron chi connectivity index (χ0n) is 11.2. The first-order valence-electron chi connectivity index (χ1n) is 6.43. The summed E-state index contributed by atoms with van der Waals surface area (Å²) in [7, 11) is 0. The molecule has 0 spiro atoms. The van der Waals surface area contributed by atoms with Gasteiger partial charge in [0.1, 0.15) is 11.6 Å². The van der Waals surface area contributed by atoms with Gasteiger partial charge in [0, 0.05) is 18.0 Å². The summed E-state index contributed by atoms with van der Waals surface area (Å²) >= 11 is 0. The van der Waals surface area contributed by atoms with Gasteiger partial charge in [-0.05, 0) is 49.1 Å². The summed E-state index contributed by atoms with van der Waals surface area (Å²) in [5.41, 5.74) is 3.96. The van der Waals surface area contributed by atoms with Crippen molar-refractivity contribution in [3.05, 3.63) is 65.0 Å². The van der Waals surface area contributed by atoms with Crippen molar-refractivity contribution in [2.75, 3.05) is 0 Å². The zero-order valence-corrected chi connectivity index (χ0v) is 11.2. The average molecular weight is 277 g/mol. The number of rotatable bonds is 5. The maximum Gasteiger partial charge on any atom is 0.133 e. The predicted molar refractivity (Wildman–Crippen MR) is 73.7 cm³/mol. The predicted octanol–water partition coefficient (Wildman–Crippen LogP) is 2.81. The standard InChI is InChI=1S/C15H17F2N3/c1-10-2-4-12(16)14(15(10)17)13(20-18)5-3-11-6-8-19-9-7-11/h2,4,6-9,13,20H,3,5,18H2,1H3. The van der Waals surface area contributed by atoms with E-state index < -0.39 is 17.7 Å². The van der Waals surface area contributed by atoms with E-state index in [0.717, 1.165) is 5.56 Å². The van der Waals surface area contributed by atoms with E-state index in [2.05, 4.69) is 10.4 Å². The number of nitrogens with two attached hydrogens (primary N) is 1. The second kappa shape index (κ2) is 6.54. The van der Waals surface area contributed by atoms with Gasteiger partial charge in [0.2, 0.25) is 0 Å². The third kappa shape index (κ3) is 3.18. The molecular weight excluding hydrogens is 260 g/mol. The maximum absolute atomic E-state index is 14.1. The van der Waals surface area contributed by atoms with Crippen LogP contribution in [0, 0.1) is 18.6 Å². The fourth-order valence-electron chi connectivity index (χ4n) is 2.17. The molecule has 2 aromatic rings. The van der Waals surface area contributed by atoms with Crippen LogP contribution in [-0.2, 0) is 6.42 Å². The number of nitrogens with one attached hydrogen (secondary N) is 1. The fraction of sp³-hybridized carbons (Fsp3) is 0.267. The maximum atomic E-state index is 14.1. The Hall–Kier alpha value is -1.85. The van der Waals surface area contributed by atoms with E-state index >= 15 is 0 Å². The SMILES string of the molecule is Cc1ccc(F)c(C(CCc2ccncc2)NN)c1F. The summed E-state index contributed by atoms with van der Waals surface area (Å²) in [6.45, 7) is 1.61. The van der Waals surface area contributed by atoms with E-state index in [1.807, 2.05) is 12.1 Å². The molecule has 0 radical (unpaired) electrons. The number of nitrogens with zero attached hydrogens (tertiary/aromatic N) is 1. The molecule has 0 fully saturated rings. The Bertz CT molecular complexity index is 573. The Morgan fingerprint density at radius 1 is 1.20 bits per heavy atom. The first-order chi connectivity index (χ1) is 9.63. The molecule has 1 aromatic heterocycles. The first kappa shape index (κ1) is 14.6. The molecule has 20 heavy (non-hydrogen) atoms. The minimum absolute atomic E-state index is 0.00144. The van der Waals surface area contributed by atoms with Crippen molar-refractivity contribution in [3.63, 3.8) is 0 Å². The number of aromatic nitrogens is 1. The van der Waals surface area contributed by atoms with Crippen molar-refractivity contribution in [3.8, 4) is 0 Å². The lowest BCUT2D eigenvalue weighted by molar-refractivity contribution is 0.452. The molecule has 3 N–H and O–H groups in total. The van der Waals surface area contributed by atoms with Crippen molar-refractivity contribution >= 4 is 0 Å². The summed E-state index contributed by atoms with van der Waals surface area (Å²) in [5.74, 6) is 4.34. The van der Waals surface area contributed by atoms with E-state index in [4.69, 9.17) is 5.84 Å². The van der Waals surface area contributed by atoms with Crippen LogP contribution < -0.4 is 11.3 Å². The molecule has 0 aliphatic rings. The van der Waals surface area contributed by atoms with E-state index in [-0.39, 0.29) is 5.56 Å². The molecule has 1 heterocycles. The molecule has 5 heteroatoms. The van der Waals surface area contributed by atoms with Gasteiger partial charge in [0.15, 0.2) is 0 Å². The molecule has 1 atom stereocenters. The Labute approximate surface area is 116 Å². The number of pyridine rings is 1. The molecule has 0 saturated carbocycles. The van der Waals surface area contributed by atoms with Crippen LogP contribution in [0.25, 0.3) is 0 Å². The van der Waals surface area contributed by atoms with Crippen LogP contribution in [-0.4, -0.2) is 4.98 Å². The molecule has 1 unspecified atom stereocenters. The van der Waals surface area contributed by atoms with Gasteiger partial charge in [-0.15, -0.1) is 0 Å². The summed E-state index contributed by atoms with van der Waals surface area (Å²) < 4.78 is 27.9. The average Bonchev–Trinajstić information content (AvgIpc) is 2.47. The van der Waals surface area contributed by atoms with Gasteiger partial charge in [0.05, 0.1) is 6.04 Å². The second-order valence-electron chi connectivity index (χ2n) is 4.71. The lowest BCUT2D eigenvalue weighted by Gasteiger charge is -2.18. The molecule has 3 nitrogen and oxygen atoms in total. The zero-order chi connectivity index (χ0) is 14.5. The molecule has 0 aliphatic carbocycles. The number of aryl methyl sites for hydroxylation is 2. The molecule has 106 valence electrons. The van der Waals surface area contributed by atoms with Crippen LogP contribution in [0.3, 0.4) is 0 Å². The highest BCUT2D eigenvalue weighted by atomic mass is 19.1. The molecule has 2 rings (SSSR count). The largest absolute Gasteiger partial charge is 0.271 e. The van der Waals surface area contributed by atoms with Crippen LogP contribution in [0.15, 0.2) is 36.7 Å². The number of benzene rings is 1. The molecule has 0 saturated heterocycles. The van der Waals surface area contributed by atoms with Crippen molar-refractivity contribution in [2.24, 2.45) is 5.84 Å². The third-order valence-corrected chi connectivity index (χ3v) is 3.34. The highest BCUT2D eigenvalue weighted by Crippen LogP contribution is 2.26. The van der Waals surface area contributed by atoms with Gasteiger partial charge >= 0.3 is 0 Å². The monoisotopic (exact) mass is 277 g/mol. The van der Waals surface area contributed by atoms with Gasteiger partial charge in [-0.3, -0.25) is 16.3 Å². The Balaban J connectivity index is 2.19. The number of hydrazine groups is 1. The minimum Gasteiger partial charge on any atom is -0.271 e. The van der Waals surface area contributed by atoms with Gasteiger partial charge in [-0.25, -0.2) is 8.78 Å². The fourth-order valence-corrected chi connectivity index (χ4v) is 2.17. The van der Waals surface area contributed by atoms with E-state index in [1.54, 1.807) is 19.3 Å². The highest BCUT2D eigenvalue weighted by molar-refractivity contribution is 5.29. The Kier molecular flexibility index (Phi) is 4.76. The van der Waals surface area contributed by atoms with Gasteiger partial charge in [-0.2, -0.15) is 0 Å². The van der Waals surface area contributed by atoms with Crippen LogP contribution in [0.4, 0.5) is 8.78 Å². The van der Waals surface area contributed by atoms with Crippen LogP contribution in [0.1, 0.15) is 29.2 Å². The quantitative estimate of drug-likeness (QED) is 0.652. The summed E-state index contributed by atoms with van der Waals surface area (Å²) in [5, 5.41) is 0. The topological polar surface area (TPSA) is 50.9 Å². The Morgan fingerprint density at radius 2 is 1.90 bits per heavy atom. The lowest BCUT2D eigenvalue weighted by Crippen LogP contribution is -2.30. The molecule has 0 amide bonds. The van der Waals surface area contributed by atoms with Crippen molar-refractivity contribution in [2.45, 2.75) is 25.8 Å². The summed E-state index contributed by atoms with van der Waals surface area (Å²) in [4.78, 5) is 3.93. The molecule has 0 aliphatic heterocycles. The van der Waals surface area contributed by atoms with E-state index in [0.29, 0.717) is 18.4 Å². The van der Waals surface area contributed by atoms with Crippen LogP contribution in [0.2, 0.25) is 0 Å². The third-order valence-electron chi connectivity index (χ3n) is 3.34. The van der Waals surface area contributed by atoms with Gasteiger partial charge in [-0.1, -0.05) is 6.07 Å². The first-order valence-corrected chi connectivity index (χ1v) is 6.43. The minimum atomic E-state index is -0.578. The number of hydrogen-bond donors (Lipinski definition) is 2. The van der Waals surface area contributed by atoms with Gasteiger partial charge < -0.3 is 0 Å². The van der Waals surface area contributed by atoms with Crippen molar-refractivity contribution in [1.82, 2.24) is 10.4 Å². The normalized spacial score (nSPS) is 12.4. The smallest absolute Gasteiger partial charge is 0.133 e. The molecular formula is C15H17F2N3. The highest BCUT2D eigenvalue weighted by Gasteiger charge is 2.20. The van der Waals surface area contributed by atoms with Crippen molar-refractivity contribution in [1.29, 1.82) is 0 Å². The van der Waals surface area contributed by atoms with Crippen LogP contribution >= 0.6 is 0 Å². The summed E-state index contributed by atoms with van der Waals surface area (Å²) in [6.07, 6.45) is 4.53. The Morgan fingerprint density at radius 3 is 2.55 bits per heavy atom. The molecule has 1 aromatic carbocycles. The van der Waals surface area contributed by atoms with Crippen molar-refractivity contribution < 1.29 is 8.78 Å².